The number of likely N-dealkylation sites (tertiary alicyclic amines) is 1. The van der Waals surface area contributed by atoms with Gasteiger partial charge in [0.25, 0.3) is 11.5 Å². The van der Waals surface area contributed by atoms with E-state index >= 15 is 4.39 Å². The van der Waals surface area contributed by atoms with E-state index in [2.05, 4.69) is 25.3 Å². The normalized spacial score (nSPS) is 17.3. The highest BCUT2D eigenvalue weighted by Gasteiger charge is 2.40. The van der Waals surface area contributed by atoms with Crippen molar-refractivity contribution in [2.24, 2.45) is 5.92 Å². The lowest BCUT2D eigenvalue weighted by molar-refractivity contribution is -0.140. The Hall–Kier alpha value is -3.61. The molecule has 1 fully saturated rings. The average Bonchev–Trinajstić information content (AvgIpc) is 3.29. The molecule has 0 spiro atoms. The second-order valence-electron chi connectivity index (χ2n) is 9.75. The molecule has 1 aromatic carbocycles. The first kappa shape index (κ1) is 26.5. The molecule has 3 aromatic rings. The van der Waals surface area contributed by atoms with Crippen LogP contribution in [0.2, 0.25) is 0 Å². The van der Waals surface area contributed by atoms with Crippen LogP contribution in [-0.2, 0) is 6.18 Å². The van der Waals surface area contributed by atoms with Gasteiger partial charge in [-0.25, -0.2) is 19.3 Å². The quantitative estimate of drug-likeness (QED) is 0.438. The number of aromatic amines is 1. The molecule has 0 saturated carbocycles. The SMILES string of the molecule is Cc1nc2c(F)c(C(F)(F)F)c([C@H](C)Nc3ncc(C(=O)N4CC[C@@H](C(C)(C)O)C4)cn3)cc2c(=O)[nH]1. The van der Waals surface area contributed by atoms with Gasteiger partial charge in [0, 0.05) is 31.4 Å². The number of aryl methyl sites for hydroxylation is 1. The number of aliphatic hydroxyl groups is 1. The number of nitrogens with zero attached hydrogens (tertiary/aromatic N) is 4. The molecule has 198 valence electrons. The number of rotatable bonds is 5. The molecule has 0 unspecified atom stereocenters. The number of carbonyl (C=O) groups excluding carboxylic acids is 1. The van der Waals surface area contributed by atoms with Gasteiger partial charge >= 0.3 is 6.18 Å². The highest BCUT2D eigenvalue weighted by Crippen LogP contribution is 2.39. The van der Waals surface area contributed by atoms with E-state index in [4.69, 9.17) is 0 Å². The Kier molecular flexibility index (Phi) is 6.69. The number of halogens is 4. The summed E-state index contributed by atoms with van der Waals surface area (Å²) in [4.78, 5) is 40.8. The van der Waals surface area contributed by atoms with Gasteiger partial charge in [-0.3, -0.25) is 9.59 Å². The number of hydrogen-bond acceptors (Lipinski definition) is 7. The minimum Gasteiger partial charge on any atom is -0.390 e. The minimum absolute atomic E-state index is 0.0176. The third-order valence-electron chi connectivity index (χ3n) is 6.56. The summed E-state index contributed by atoms with van der Waals surface area (Å²) < 4.78 is 56.6. The lowest BCUT2D eigenvalue weighted by atomic mass is 9.90. The molecule has 2 atom stereocenters. The molecule has 3 heterocycles. The highest BCUT2D eigenvalue weighted by molar-refractivity contribution is 5.94. The molecule has 0 radical (unpaired) electrons. The third kappa shape index (κ3) is 5.26. The molecule has 0 bridgehead atoms. The van der Waals surface area contributed by atoms with Gasteiger partial charge in [-0.15, -0.1) is 0 Å². The fraction of sp³-hybridized carbons (Fsp3) is 0.458. The first-order valence-corrected chi connectivity index (χ1v) is 11.6. The fourth-order valence-electron chi connectivity index (χ4n) is 4.49. The third-order valence-corrected chi connectivity index (χ3v) is 6.56. The summed E-state index contributed by atoms with van der Waals surface area (Å²) in [6.07, 6.45) is -1.93. The van der Waals surface area contributed by atoms with Gasteiger partial charge < -0.3 is 20.3 Å². The number of hydrogen-bond donors (Lipinski definition) is 3. The molecular weight excluding hydrogens is 496 g/mol. The topological polar surface area (TPSA) is 124 Å². The van der Waals surface area contributed by atoms with E-state index in [9.17, 15) is 27.9 Å². The number of fused-ring (bicyclic) bond motifs is 1. The number of H-pyrrole nitrogens is 1. The Morgan fingerprint density at radius 3 is 2.49 bits per heavy atom. The van der Waals surface area contributed by atoms with Gasteiger partial charge in [0.15, 0.2) is 5.82 Å². The predicted molar refractivity (Wildman–Crippen MR) is 126 cm³/mol. The molecule has 1 aliphatic rings. The molecule has 2 aromatic heterocycles. The molecule has 0 aliphatic carbocycles. The number of amides is 1. The van der Waals surface area contributed by atoms with Crippen molar-refractivity contribution in [2.75, 3.05) is 18.4 Å². The summed E-state index contributed by atoms with van der Waals surface area (Å²) in [7, 11) is 0. The molecule has 1 amide bonds. The molecule has 37 heavy (non-hydrogen) atoms. The zero-order valence-electron chi connectivity index (χ0n) is 20.6. The first-order chi connectivity index (χ1) is 17.2. The Morgan fingerprint density at radius 1 is 1.27 bits per heavy atom. The Labute approximate surface area is 209 Å². The summed E-state index contributed by atoms with van der Waals surface area (Å²) in [5.41, 5.74) is -4.25. The predicted octanol–water partition coefficient (Wildman–Crippen LogP) is 3.59. The standard InChI is InChI=1S/C24H26F4N6O3/c1-11(15-7-16-19(32-12(2)33-20(16)35)18(25)17(15)24(26,27)28)31-22-29-8-13(9-30-22)21(36)34-6-5-14(10-34)23(3,4)37/h7-9,11,14,37H,5-6,10H2,1-4H3,(H,29,30,31)(H,32,33,35)/t11-,14+/m0/s1. The summed E-state index contributed by atoms with van der Waals surface area (Å²) >= 11 is 0. The van der Waals surface area contributed by atoms with E-state index < -0.39 is 45.8 Å². The van der Waals surface area contributed by atoms with Crippen molar-refractivity contribution < 1.29 is 27.5 Å². The van der Waals surface area contributed by atoms with Crippen molar-refractivity contribution in [3.05, 3.63) is 57.1 Å². The van der Waals surface area contributed by atoms with Crippen LogP contribution < -0.4 is 10.9 Å². The van der Waals surface area contributed by atoms with E-state index in [1.807, 2.05) is 0 Å². The highest BCUT2D eigenvalue weighted by atomic mass is 19.4. The number of alkyl halides is 3. The summed E-state index contributed by atoms with van der Waals surface area (Å²) in [6.45, 7) is 6.90. The molecule has 3 N–H and O–H groups in total. The average molecular weight is 523 g/mol. The lowest BCUT2D eigenvalue weighted by Crippen LogP contribution is -2.35. The zero-order valence-corrected chi connectivity index (χ0v) is 20.6. The van der Waals surface area contributed by atoms with Crippen molar-refractivity contribution >= 4 is 22.8 Å². The van der Waals surface area contributed by atoms with E-state index in [0.29, 0.717) is 19.5 Å². The number of anilines is 1. The smallest absolute Gasteiger partial charge is 0.390 e. The molecule has 4 rings (SSSR count). The van der Waals surface area contributed by atoms with Crippen LogP contribution in [0, 0.1) is 18.7 Å². The molecule has 13 heteroatoms. The summed E-state index contributed by atoms with van der Waals surface area (Å²) in [5, 5.41) is 12.5. The van der Waals surface area contributed by atoms with Crippen molar-refractivity contribution in [3.8, 4) is 0 Å². The first-order valence-electron chi connectivity index (χ1n) is 11.6. The van der Waals surface area contributed by atoms with E-state index in [-0.39, 0.29) is 34.5 Å². The van der Waals surface area contributed by atoms with Crippen molar-refractivity contribution in [3.63, 3.8) is 0 Å². The minimum atomic E-state index is -5.06. The molecule has 1 saturated heterocycles. The van der Waals surface area contributed by atoms with Crippen molar-refractivity contribution in [1.82, 2.24) is 24.8 Å². The maximum Gasteiger partial charge on any atom is 0.419 e. The van der Waals surface area contributed by atoms with Crippen LogP contribution in [0.4, 0.5) is 23.5 Å². The van der Waals surface area contributed by atoms with Crippen LogP contribution in [0.5, 0.6) is 0 Å². The van der Waals surface area contributed by atoms with Crippen LogP contribution in [0.25, 0.3) is 10.9 Å². The van der Waals surface area contributed by atoms with E-state index in [1.54, 1.807) is 18.7 Å². The largest absolute Gasteiger partial charge is 0.419 e. The number of carbonyl (C=O) groups is 1. The van der Waals surface area contributed by atoms with Gasteiger partial charge in [0.05, 0.1) is 28.2 Å². The van der Waals surface area contributed by atoms with Crippen LogP contribution in [-0.4, -0.2) is 54.5 Å². The number of benzene rings is 1. The van der Waals surface area contributed by atoms with E-state index in [0.717, 1.165) is 6.07 Å². The van der Waals surface area contributed by atoms with Crippen LogP contribution in [0.1, 0.15) is 60.5 Å². The Balaban J connectivity index is 1.59. The lowest BCUT2D eigenvalue weighted by Gasteiger charge is -2.25. The van der Waals surface area contributed by atoms with Crippen LogP contribution in [0.3, 0.4) is 0 Å². The summed E-state index contributed by atoms with van der Waals surface area (Å²) in [6, 6.07) is -0.210. The summed E-state index contributed by atoms with van der Waals surface area (Å²) in [5.74, 6) is -2.15. The zero-order chi connectivity index (χ0) is 27.3. The fourth-order valence-corrected chi connectivity index (χ4v) is 4.49. The second-order valence-corrected chi connectivity index (χ2v) is 9.75. The second kappa shape index (κ2) is 9.36. The van der Waals surface area contributed by atoms with Gasteiger partial charge in [-0.2, -0.15) is 13.2 Å². The number of aromatic nitrogens is 4. The van der Waals surface area contributed by atoms with Crippen LogP contribution >= 0.6 is 0 Å². The van der Waals surface area contributed by atoms with Crippen molar-refractivity contribution in [2.45, 2.75) is 51.9 Å². The molecular formula is C24H26F4N6O3. The number of nitrogens with one attached hydrogen (secondary N) is 2. The maximum absolute atomic E-state index is 15.0. The van der Waals surface area contributed by atoms with Gasteiger partial charge in [0.2, 0.25) is 5.95 Å². The van der Waals surface area contributed by atoms with Gasteiger partial charge in [0.1, 0.15) is 11.3 Å². The Morgan fingerprint density at radius 2 is 1.92 bits per heavy atom. The maximum atomic E-state index is 15.0. The van der Waals surface area contributed by atoms with E-state index in [1.165, 1.54) is 26.2 Å². The van der Waals surface area contributed by atoms with Crippen molar-refractivity contribution in [1.29, 1.82) is 0 Å². The van der Waals surface area contributed by atoms with Gasteiger partial charge in [-0.1, -0.05) is 0 Å². The molecule has 9 nitrogen and oxygen atoms in total. The van der Waals surface area contributed by atoms with Gasteiger partial charge in [-0.05, 0) is 45.7 Å². The Bertz CT molecular complexity index is 1400. The monoisotopic (exact) mass is 522 g/mol. The molecule has 1 aliphatic heterocycles. The van der Waals surface area contributed by atoms with Crippen LogP contribution in [0.15, 0.2) is 23.3 Å².